The third-order valence-corrected chi connectivity index (χ3v) is 2.29. The topological polar surface area (TPSA) is 32.9 Å². The van der Waals surface area contributed by atoms with Gasteiger partial charge in [0.25, 0.3) is 0 Å². The van der Waals surface area contributed by atoms with Gasteiger partial charge in [0.1, 0.15) is 0 Å². The second kappa shape index (κ2) is 2.95. The van der Waals surface area contributed by atoms with E-state index < -0.39 is 0 Å². The Kier molecular flexibility index (Phi) is 1.80. The van der Waals surface area contributed by atoms with Gasteiger partial charge < -0.3 is 4.98 Å². The molecule has 0 aliphatic heterocycles. The van der Waals surface area contributed by atoms with Crippen molar-refractivity contribution in [3.8, 4) is 11.3 Å². The summed E-state index contributed by atoms with van der Waals surface area (Å²) in [6.45, 7) is 0. The summed E-state index contributed by atoms with van der Waals surface area (Å²) < 4.78 is 0. The molecule has 1 N–H and O–H groups in total. The van der Waals surface area contributed by atoms with E-state index in [9.17, 15) is 4.79 Å². The summed E-state index contributed by atoms with van der Waals surface area (Å²) in [4.78, 5) is 14.0. The Balaban J connectivity index is 2.55. The van der Waals surface area contributed by atoms with Crippen molar-refractivity contribution in [1.29, 1.82) is 0 Å². The van der Waals surface area contributed by atoms with Gasteiger partial charge in [0.2, 0.25) is 0 Å². The normalized spacial score (nSPS) is 10.0. The summed E-state index contributed by atoms with van der Waals surface area (Å²) in [5.74, 6) is 0. The predicted molar refractivity (Wildman–Crippen MR) is 50.4 cm³/mol. The smallest absolute Gasteiger partial charge is 0.182 e. The standard InChI is InChI=1S/C9H7NOS/c11-8-1-3-10-9(5-8)7-2-4-12-6-7/h1-6H,(H,10,11). The first kappa shape index (κ1) is 7.31. The largest absolute Gasteiger partial charge is 0.361 e. The first-order valence-corrected chi connectivity index (χ1v) is 4.52. The number of pyridine rings is 1. The molecule has 0 spiro atoms. The fourth-order valence-electron chi connectivity index (χ4n) is 1.03. The first-order chi connectivity index (χ1) is 5.86. The van der Waals surface area contributed by atoms with E-state index >= 15 is 0 Å². The van der Waals surface area contributed by atoms with Crippen molar-refractivity contribution in [3.05, 3.63) is 45.4 Å². The molecule has 0 fully saturated rings. The van der Waals surface area contributed by atoms with Crippen LogP contribution in [0.5, 0.6) is 0 Å². The van der Waals surface area contributed by atoms with Gasteiger partial charge in [0.05, 0.1) is 5.69 Å². The van der Waals surface area contributed by atoms with Gasteiger partial charge in [0.15, 0.2) is 5.43 Å². The third-order valence-electron chi connectivity index (χ3n) is 1.61. The zero-order valence-electron chi connectivity index (χ0n) is 6.28. The quantitative estimate of drug-likeness (QED) is 0.711. The number of H-pyrrole nitrogens is 1. The first-order valence-electron chi connectivity index (χ1n) is 3.57. The lowest BCUT2D eigenvalue weighted by molar-refractivity contribution is 1.31. The molecule has 0 bridgehead atoms. The van der Waals surface area contributed by atoms with Crippen molar-refractivity contribution < 1.29 is 0 Å². The van der Waals surface area contributed by atoms with Gasteiger partial charge in [-0.05, 0) is 11.4 Å². The van der Waals surface area contributed by atoms with Crippen LogP contribution < -0.4 is 5.43 Å². The summed E-state index contributed by atoms with van der Waals surface area (Å²) >= 11 is 1.62. The molecule has 2 rings (SSSR count). The highest BCUT2D eigenvalue weighted by Gasteiger charge is 1.96. The van der Waals surface area contributed by atoms with E-state index in [1.165, 1.54) is 6.07 Å². The lowest BCUT2D eigenvalue weighted by Gasteiger charge is -1.94. The molecular formula is C9H7NOS. The SMILES string of the molecule is O=c1cc[nH]c(-c2ccsc2)c1. The lowest BCUT2D eigenvalue weighted by atomic mass is 10.2. The number of nitrogens with one attached hydrogen (secondary N) is 1. The van der Waals surface area contributed by atoms with Gasteiger partial charge in [-0.15, -0.1) is 0 Å². The van der Waals surface area contributed by atoms with Crippen LogP contribution in [-0.2, 0) is 0 Å². The van der Waals surface area contributed by atoms with E-state index in [1.54, 1.807) is 23.6 Å². The Morgan fingerprint density at radius 2 is 2.25 bits per heavy atom. The molecule has 3 heteroatoms. The highest BCUT2D eigenvalue weighted by molar-refractivity contribution is 7.08. The zero-order valence-corrected chi connectivity index (χ0v) is 7.10. The summed E-state index contributed by atoms with van der Waals surface area (Å²) in [5, 5.41) is 3.99. The summed E-state index contributed by atoms with van der Waals surface area (Å²) in [5.41, 5.74) is 1.98. The van der Waals surface area contributed by atoms with Gasteiger partial charge >= 0.3 is 0 Å². The van der Waals surface area contributed by atoms with Gasteiger partial charge in [-0.1, -0.05) is 0 Å². The minimum absolute atomic E-state index is 0.0370. The van der Waals surface area contributed by atoms with Gasteiger partial charge in [-0.25, -0.2) is 0 Å². The molecule has 0 saturated heterocycles. The fraction of sp³-hybridized carbons (Fsp3) is 0. The van der Waals surface area contributed by atoms with Crippen LogP contribution in [0.3, 0.4) is 0 Å². The van der Waals surface area contributed by atoms with E-state index in [1.807, 2.05) is 16.8 Å². The molecule has 0 saturated carbocycles. The van der Waals surface area contributed by atoms with Crippen molar-refractivity contribution in [2.45, 2.75) is 0 Å². The van der Waals surface area contributed by atoms with Crippen molar-refractivity contribution in [1.82, 2.24) is 4.98 Å². The monoisotopic (exact) mass is 177 g/mol. The van der Waals surface area contributed by atoms with Gasteiger partial charge in [0, 0.05) is 29.3 Å². The molecule has 0 aromatic carbocycles. The molecule has 2 nitrogen and oxygen atoms in total. The number of hydrogen-bond acceptors (Lipinski definition) is 2. The van der Waals surface area contributed by atoms with Crippen molar-refractivity contribution in [3.63, 3.8) is 0 Å². The molecule has 0 amide bonds. The maximum atomic E-state index is 11.0. The molecule has 2 aromatic rings. The van der Waals surface area contributed by atoms with Gasteiger partial charge in [-0.2, -0.15) is 11.3 Å². The average Bonchev–Trinajstić information content (AvgIpc) is 2.56. The minimum Gasteiger partial charge on any atom is -0.361 e. The second-order valence-corrected chi connectivity index (χ2v) is 3.23. The summed E-state index contributed by atoms with van der Waals surface area (Å²) in [7, 11) is 0. The Morgan fingerprint density at radius 1 is 1.33 bits per heavy atom. The maximum absolute atomic E-state index is 11.0. The molecular weight excluding hydrogens is 170 g/mol. The van der Waals surface area contributed by atoms with Crippen molar-refractivity contribution in [2.24, 2.45) is 0 Å². The number of rotatable bonds is 1. The van der Waals surface area contributed by atoms with Crippen LogP contribution in [0.1, 0.15) is 0 Å². The molecule has 0 atom stereocenters. The predicted octanol–water partition coefficient (Wildman–Crippen LogP) is 2.10. The molecule has 2 aromatic heterocycles. The molecule has 12 heavy (non-hydrogen) atoms. The van der Waals surface area contributed by atoms with E-state index in [2.05, 4.69) is 4.98 Å². The van der Waals surface area contributed by atoms with Crippen LogP contribution in [0.2, 0.25) is 0 Å². The average molecular weight is 177 g/mol. The van der Waals surface area contributed by atoms with E-state index in [0.29, 0.717) is 0 Å². The fourth-order valence-corrected chi connectivity index (χ4v) is 1.69. The number of hydrogen-bond donors (Lipinski definition) is 1. The minimum atomic E-state index is 0.0370. The van der Waals surface area contributed by atoms with Crippen LogP contribution in [0.25, 0.3) is 11.3 Å². The van der Waals surface area contributed by atoms with Crippen LogP contribution in [0.15, 0.2) is 40.0 Å². The molecule has 0 radical (unpaired) electrons. The van der Waals surface area contributed by atoms with E-state index in [-0.39, 0.29) is 5.43 Å². The second-order valence-electron chi connectivity index (χ2n) is 2.45. The number of thiophene rings is 1. The molecule has 60 valence electrons. The van der Waals surface area contributed by atoms with Crippen LogP contribution in [0, 0.1) is 0 Å². The zero-order chi connectivity index (χ0) is 8.39. The van der Waals surface area contributed by atoms with E-state index in [4.69, 9.17) is 0 Å². The number of aromatic amines is 1. The Labute approximate surface area is 73.5 Å². The number of aromatic nitrogens is 1. The molecule has 0 aliphatic carbocycles. The summed E-state index contributed by atoms with van der Waals surface area (Å²) in [6, 6.07) is 5.09. The third kappa shape index (κ3) is 1.31. The molecule has 0 aliphatic rings. The van der Waals surface area contributed by atoms with Crippen molar-refractivity contribution >= 4 is 11.3 Å². The lowest BCUT2D eigenvalue weighted by Crippen LogP contribution is -1.97. The Bertz CT molecular complexity index is 416. The van der Waals surface area contributed by atoms with Crippen molar-refractivity contribution in [2.75, 3.05) is 0 Å². The van der Waals surface area contributed by atoms with Gasteiger partial charge in [-0.3, -0.25) is 4.79 Å². The van der Waals surface area contributed by atoms with Crippen LogP contribution in [-0.4, -0.2) is 4.98 Å². The maximum Gasteiger partial charge on any atom is 0.182 e. The Hall–Kier alpha value is -1.35. The van der Waals surface area contributed by atoms with Crippen LogP contribution in [0.4, 0.5) is 0 Å². The highest BCUT2D eigenvalue weighted by atomic mass is 32.1. The van der Waals surface area contributed by atoms with E-state index in [0.717, 1.165) is 11.3 Å². The Morgan fingerprint density at radius 3 is 2.92 bits per heavy atom. The molecule has 2 heterocycles. The summed E-state index contributed by atoms with van der Waals surface area (Å²) in [6.07, 6.45) is 1.66. The highest BCUT2D eigenvalue weighted by Crippen LogP contribution is 2.17. The molecule has 0 unspecified atom stereocenters. The van der Waals surface area contributed by atoms with Crippen LogP contribution >= 0.6 is 11.3 Å².